The van der Waals surface area contributed by atoms with Gasteiger partial charge in [-0.3, -0.25) is 0 Å². The Morgan fingerprint density at radius 2 is 1.95 bits per heavy atom. The smallest absolute Gasteiger partial charge is 0.357 e. The van der Waals surface area contributed by atoms with Crippen molar-refractivity contribution in [2.45, 2.75) is 11.8 Å². The normalized spacial score (nSPS) is 24.3. The highest BCUT2D eigenvalue weighted by Crippen LogP contribution is 2.44. The molecule has 0 aromatic heterocycles. The monoisotopic (exact) mass is 274 g/mol. The van der Waals surface area contributed by atoms with E-state index in [-0.39, 0.29) is 18.7 Å². The van der Waals surface area contributed by atoms with Crippen LogP contribution in [0.15, 0.2) is 30.3 Å². The summed E-state index contributed by atoms with van der Waals surface area (Å²) in [6.45, 7) is -0.785. The van der Waals surface area contributed by atoms with Crippen molar-refractivity contribution in [1.82, 2.24) is 4.90 Å². The van der Waals surface area contributed by atoms with Crippen LogP contribution < -0.4 is 5.73 Å². The van der Waals surface area contributed by atoms with Crippen molar-refractivity contribution >= 4 is 6.03 Å². The number of nitrogens with zero attached hydrogens (tertiary/aromatic N) is 1. The number of hydrogen-bond donors (Lipinski definition) is 1. The molecule has 1 atom stereocenters. The van der Waals surface area contributed by atoms with Gasteiger partial charge in [0.1, 0.15) is 0 Å². The number of nitrogens with two attached hydrogens (primary N) is 1. The molecule has 1 saturated heterocycles. The van der Waals surface area contributed by atoms with Gasteiger partial charge >= 0.3 is 12.2 Å². The Balaban J connectivity index is 2.45. The van der Waals surface area contributed by atoms with E-state index in [0.717, 1.165) is 4.90 Å². The maximum atomic E-state index is 13.4. The third kappa shape index (κ3) is 2.37. The summed E-state index contributed by atoms with van der Waals surface area (Å²) in [4.78, 5) is 12.1. The number of hydrogen-bond acceptors (Lipinski definition) is 2. The number of primary amides is 1. The highest BCUT2D eigenvalue weighted by atomic mass is 19.4. The molecule has 19 heavy (non-hydrogen) atoms. The van der Waals surface area contributed by atoms with Crippen LogP contribution in [0.2, 0.25) is 0 Å². The van der Waals surface area contributed by atoms with Crippen molar-refractivity contribution in [3.05, 3.63) is 35.9 Å². The average molecular weight is 274 g/mol. The fourth-order valence-electron chi connectivity index (χ4n) is 2.13. The van der Waals surface area contributed by atoms with Gasteiger partial charge in [0.15, 0.2) is 0 Å². The van der Waals surface area contributed by atoms with Gasteiger partial charge in [-0.05, 0) is 5.56 Å². The molecule has 7 heteroatoms. The van der Waals surface area contributed by atoms with Crippen LogP contribution in [0.3, 0.4) is 0 Å². The summed E-state index contributed by atoms with van der Waals surface area (Å²) in [6.07, 6.45) is -4.64. The lowest BCUT2D eigenvalue weighted by Crippen LogP contribution is -2.59. The molecule has 1 aromatic rings. The van der Waals surface area contributed by atoms with Crippen molar-refractivity contribution in [3.8, 4) is 0 Å². The lowest BCUT2D eigenvalue weighted by atomic mass is 9.91. The second-order valence-electron chi connectivity index (χ2n) is 4.30. The number of ether oxygens (including phenoxy) is 1. The molecule has 1 aromatic carbocycles. The Hall–Kier alpha value is -1.76. The highest BCUT2D eigenvalue weighted by molar-refractivity contribution is 5.72. The first-order chi connectivity index (χ1) is 8.87. The van der Waals surface area contributed by atoms with Gasteiger partial charge in [0.05, 0.1) is 13.2 Å². The number of rotatable bonds is 1. The van der Waals surface area contributed by atoms with E-state index < -0.39 is 24.4 Å². The molecule has 104 valence electrons. The zero-order chi connectivity index (χ0) is 14.1. The summed E-state index contributed by atoms with van der Waals surface area (Å²) >= 11 is 0. The second kappa shape index (κ2) is 4.73. The first-order valence-electron chi connectivity index (χ1n) is 5.67. The van der Waals surface area contributed by atoms with E-state index in [0.29, 0.717) is 0 Å². The fourth-order valence-corrected chi connectivity index (χ4v) is 2.13. The lowest BCUT2D eigenvalue weighted by Gasteiger charge is -2.43. The number of amides is 2. The molecule has 0 spiro atoms. The Morgan fingerprint density at radius 1 is 1.32 bits per heavy atom. The fraction of sp³-hybridized carbons (Fsp3) is 0.417. The predicted molar refractivity (Wildman–Crippen MR) is 61.3 cm³/mol. The summed E-state index contributed by atoms with van der Waals surface area (Å²) in [5, 5.41) is 0. The van der Waals surface area contributed by atoms with E-state index in [1.807, 2.05) is 0 Å². The van der Waals surface area contributed by atoms with E-state index in [1.165, 1.54) is 24.3 Å². The number of benzene rings is 1. The average Bonchev–Trinajstić information content (AvgIpc) is 2.38. The van der Waals surface area contributed by atoms with Gasteiger partial charge in [0.25, 0.3) is 0 Å². The van der Waals surface area contributed by atoms with E-state index in [1.54, 1.807) is 6.07 Å². The molecule has 0 radical (unpaired) electrons. The Labute approximate surface area is 107 Å². The Morgan fingerprint density at radius 3 is 2.47 bits per heavy atom. The van der Waals surface area contributed by atoms with Crippen LogP contribution >= 0.6 is 0 Å². The van der Waals surface area contributed by atoms with Gasteiger partial charge < -0.3 is 15.4 Å². The molecule has 1 heterocycles. The van der Waals surface area contributed by atoms with Gasteiger partial charge in [0.2, 0.25) is 5.60 Å². The van der Waals surface area contributed by atoms with Gasteiger partial charge in [-0.1, -0.05) is 30.3 Å². The third-order valence-electron chi connectivity index (χ3n) is 3.13. The maximum absolute atomic E-state index is 13.4. The van der Waals surface area contributed by atoms with Gasteiger partial charge in [0, 0.05) is 6.54 Å². The summed E-state index contributed by atoms with van der Waals surface area (Å²) in [7, 11) is 0. The lowest BCUT2D eigenvalue weighted by molar-refractivity contribution is -0.299. The molecule has 1 aliphatic heterocycles. The predicted octanol–water partition coefficient (Wildman–Crippen LogP) is 1.86. The Bertz CT molecular complexity index is 464. The number of urea groups is 1. The molecule has 0 bridgehead atoms. The number of carbonyl (C=O) groups is 1. The molecule has 1 fully saturated rings. The molecule has 2 amide bonds. The van der Waals surface area contributed by atoms with Crippen molar-refractivity contribution in [2.24, 2.45) is 5.73 Å². The minimum Gasteiger partial charge on any atom is -0.357 e. The summed E-state index contributed by atoms with van der Waals surface area (Å²) in [5.41, 5.74) is 2.53. The molecular formula is C12H13F3N2O2. The number of carbonyl (C=O) groups excluding carboxylic acids is 1. The van der Waals surface area contributed by atoms with Crippen molar-refractivity contribution in [3.63, 3.8) is 0 Å². The molecule has 1 unspecified atom stereocenters. The molecule has 2 N–H and O–H groups in total. The molecule has 4 nitrogen and oxygen atoms in total. The van der Waals surface area contributed by atoms with Gasteiger partial charge in [-0.15, -0.1) is 0 Å². The van der Waals surface area contributed by atoms with Gasteiger partial charge in [-0.25, -0.2) is 4.79 Å². The van der Waals surface area contributed by atoms with E-state index >= 15 is 0 Å². The van der Waals surface area contributed by atoms with E-state index in [2.05, 4.69) is 0 Å². The largest absolute Gasteiger partial charge is 0.423 e. The minimum atomic E-state index is -4.64. The summed E-state index contributed by atoms with van der Waals surface area (Å²) in [6, 6.07) is 6.39. The van der Waals surface area contributed by atoms with Crippen LogP contribution in [0.1, 0.15) is 5.56 Å². The third-order valence-corrected chi connectivity index (χ3v) is 3.13. The quantitative estimate of drug-likeness (QED) is 0.849. The molecule has 2 rings (SSSR count). The van der Waals surface area contributed by atoms with E-state index in [4.69, 9.17) is 10.5 Å². The molecule has 0 aliphatic carbocycles. The van der Waals surface area contributed by atoms with Crippen LogP contribution in [0.25, 0.3) is 0 Å². The van der Waals surface area contributed by atoms with Crippen LogP contribution in [-0.2, 0) is 10.3 Å². The minimum absolute atomic E-state index is 0.0338. The Kier molecular flexibility index (Phi) is 3.40. The summed E-state index contributed by atoms with van der Waals surface area (Å²) in [5.74, 6) is 0. The van der Waals surface area contributed by atoms with Crippen LogP contribution in [-0.4, -0.2) is 36.8 Å². The second-order valence-corrected chi connectivity index (χ2v) is 4.30. The first kappa shape index (κ1) is 13.7. The standard InChI is InChI=1S/C12H13F3N2O2/c13-12(14,15)11(9-4-2-1-3-5-9)8-17(10(16)18)6-7-19-11/h1-5H,6-8H2,(H2,16,18). The molecular weight excluding hydrogens is 261 g/mol. The van der Waals surface area contributed by atoms with Crippen molar-refractivity contribution in [1.29, 1.82) is 0 Å². The zero-order valence-corrected chi connectivity index (χ0v) is 9.98. The number of morpholine rings is 1. The first-order valence-corrected chi connectivity index (χ1v) is 5.67. The van der Waals surface area contributed by atoms with Crippen molar-refractivity contribution < 1.29 is 22.7 Å². The van der Waals surface area contributed by atoms with Crippen LogP contribution in [0.4, 0.5) is 18.0 Å². The van der Waals surface area contributed by atoms with E-state index in [9.17, 15) is 18.0 Å². The van der Waals surface area contributed by atoms with Crippen LogP contribution in [0.5, 0.6) is 0 Å². The maximum Gasteiger partial charge on any atom is 0.423 e. The number of alkyl halides is 3. The van der Waals surface area contributed by atoms with Crippen molar-refractivity contribution in [2.75, 3.05) is 19.7 Å². The van der Waals surface area contributed by atoms with Gasteiger partial charge in [-0.2, -0.15) is 13.2 Å². The number of halogens is 3. The SMILES string of the molecule is NC(=O)N1CCOC(c2ccccc2)(C(F)(F)F)C1. The molecule has 0 saturated carbocycles. The van der Waals surface area contributed by atoms with Crippen LogP contribution in [0, 0.1) is 0 Å². The highest BCUT2D eigenvalue weighted by Gasteiger charge is 2.59. The zero-order valence-electron chi connectivity index (χ0n) is 9.98. The topological polar surface area (TPSA) is 55.6 Å². The molecule has 1 aliphatic rings. The summed E-state index contributed by atoms with van der Waals surface area (Å²) < 4.78 is 45.3.